The topological polar surface area (TPSA) is 36.1 Å². The molecule has 1 aromatic heterocycles. The van der Waals surface area contributed by atoms with Crippen LogP contribution in [0.3, 0.4) is 0 Å². The summed E-state index contributed by atoms with van der Waals surface area (Å²) in [5.74, 6) is -0.488. The summed E-state index contributed by atoms with van der Waals surface area (Å²) >= 11 is 6.02. The van der Waals surface area contributed by atoms with E-state index in [4.69, 9.17) is 11.6 Å². The summed E-state index contributed by atoms with van der Waals surface area (Å²) in [6.07, 6.45) is 2.10. The van der Waals surface area contributed by atoms with Crippen LogP contribution in [0.2, 0.25) is 5.02 Å². The Kier molecular flexibility index (Phi) is 4.35. The van der Waals surface area contributed by atoms with Crippen LogP contribution in [0.15, 0.2) is 48.7 Å². The summed E-state index contributed by atoms with van der Waals surface area (Å²) < 4.78 is 13.8. The second-order valence-electron chi connectivity index (χ2n) is 5.49. The number of carbonyl (C=O) groups is 1. The van der Waals surface area contributed by atoms with Gasteiger partial charge in [-0.1, -0.05) is 35.9 Å². The van der Waals surface area contributed by atoms with E-state index in [9.17, 15) is 9.18 Å². The Balaban J connectivity index is 1.75. The average molecular weight is 331 g/mol. The molecule has 0 radical (unpaired) electrons. The van der Waals surface area contributed by atoms with Crippen LogP contribution in [0.25, 0.3) is 10.9 Å². The number of likely N-dealkylation sites (N-methyl/N-ethyl adjacent to an activating group) is 1. The molecule has 2 aromatic carbocycles. The standard InChI is InChI=1S/C18H16ClFN2O/c1-22(11-14-15(19)6-4-7-16(14)20)18(23)9-12-10-21-17-8-3-2-5-13(12)17/h2-8,10,21H,9,11H2,1H3. The van der Waals surface area contributed by atoms with Gasteiger partial charge in [0.15, 0.2) is 0 Å². The number of nitrogens with zero attached hydrogens (tertiary/aromatic N) is 1. The van der Waals surface area contributed by atoms with Crippen molar-refractivity contribution in [3.05, 3.63) is 70.6 Å². The third-order valence-corrected chi connectivity index (χ3v) is 4.25. The van der Waals surface area contributed by atoms with Gasteiger partial charge in [-0.05, 0) is 23.8 Å². The zero-order chi connectivity index (χ0) is 16.4. The largest absolute Gasteiger partial charge is 0.361 e. The van der Waals surface area contributed by atoms with E-state index in [2.05, 4.69) is 4.98 Å². The first-order chi connectivity index (χ1) is 11.1. The van der Waals surface area contributed by atoms with E-state index >= 15 is 0 Å². The lowest BCUT2D eigenvalue weighted by molar-refractivity contribution is -0.129. The number of carbonyl (C=O) groups excluding carboxylic acids is 1. The van der Waals surface area contributed by atoms with Crippen LogP contribution in [0, 0.1) is 5.82 Å². The van der Waals surface area contributed by atoms with Crippen molar-refractivity contribution in [2.45, 2.75) is 13.0 Å². The first-order valence-corrected chi connectivity index (χ1v) is 7.66. The number of benzene rings is 2. The Bertz CT molecular complexity index is 839. The number of aromatic amines is 1. The van der Waals surface area contributed by atoms with E-state index in [-0.39, 0.29) is 18.9 Å². The monoisotopic (exact) mass is 330 g/mol. The minimum atomic E-state index is -0.399. The van der Waals surface area contributed by atoms with Crippen molar-refractivity contribution in [1.29, 1.82) is 0 Å². The summed E-state index contributed by atoms with van der Waals surface area (Å²) in [5, 5.41) is 1.36. The quantitative estimate of drug-likeness (QED) is 0.766. The Morgan fingerprint density at radius 2 is 2.00 bits per heavy atom. The van der Waals surface area contributed by atoms with Gasteiger partial charge < -0.3 is 9.88 Å². The molecule has 0 fully saturated rings. The number of hydrogen-bond acceptors (Lipinski definition) is 1. The Labute approximate surface area is 138 Å². The number of halogens is 2. The highest BCUT2D eigenvalue weighted by Gasteiger charge is 2.16. The molecule has 0 aliphatic carbocycles. The van der Waals surface area contributed by atoms with Crippen LogP contribution in [0.1, 0.15) is 11.1 Å². The lowest BCUT2D eigenvalue weighted by atomic mass is 10.1. The first kappa shape index (κ1) is 15.6. The predicted octanol–water partition coefficient (Wildman–Crippen LogP) is 4.16. The van der Waals surface area contributed by atoms with E-state index in [0.717, 1.165) is 16.5 Å². The molecule has 1 N–H and O–H groups in total. The van der Waals surface area contributed by atoms with Gasteiger partial charge in [0.1, 0.15) is 5.82 Å². The Hall–Kier alpha value is -2.33. The maximum atomic E-state index is 13.8. The molecule has 5 heteroatoms. The molecule has 3 nitrogen and oxygen atoms in total. The molecular weight excluding hydrogens is 315 g/mol. The highest BCUT2D eigenvalue weighted by atomic mass is 35.5. The molecule has 0 aliphatic heterocycles. The maximum Gasteiger partial charge on any atom is 0.227 e. The van der Waals surface area contributed by atoms with Crippen molar-refractivity contribution in [2.24, 2.45) is 0 Å². The van der Waals surface area contributed by atoms with Gasteiger partial charge in [-0.25, -0.2) is 4.39 Å². The number of fused-ring (bicyclic) bond motifs is 1. The summed E-state index contributed by atoms with van der Waals surface area (Å²) in [6.45, 7) is 0.146. The summed E-state index contributed by atoms with van der Waals surface area (Å²) in [6, 6.07) is 12.3. The van der Waals surface area contributed by atoms with Crippen molar-refractivity contribution in [1.82, 2.24) is 9.88 Å². The van der Waals surface area contributed by atoms with Gasteiger partial charge in [0.05, 0.1) is 6.42 Å². The zero-order valence-electron chi connectivity index (χ0n) is 12.6. The smallest absolute Gasteiger partial charge is 0.227 e. The normalized spacial score (nSPS) is 10.9. The highest BCUT2D eigenvalue weighted by molar-refractivity contribution is 6.31. The molecule has 0 bridgehead atoms. The van der Waals surface area contributed by atoms with Crippen molar-refractivity contribution < 1.29 is 9.18 Å². The molecule has 1 heterocycles. The number of para-hydroxylation sites is 1. The lowest BCUT2D eigenvalue weighted by Gasteiger charge is -2.18. The molecule has 3 aromatic rings. The van der Waals surface area contributed by atoms with E-state index in [1.165, 1.54) is 11.0 Å². The number of nitrogens with one attached hydrogen (secondary N) is 1. The SMILES string of the molecule is CN(Cc1c(F)cccc1Cl)C(=O)Cc1c[nH]c2ccccc12. The average Bonchev–Trinajstić information content (AvgIpc) is 2.94. The Morgan fingerprint density at radius 1 is 1.22 bits per heavy atom. The minimum Gasteiger partial charge on any atom is -0.361 e. The molecule has 0 aliphatic rings. The molecule has 0 saturated heterocycles. The van der Waals surface area contributed by atoms with Gasteiger partial charge in [0.2, 0.25) is 5.91 Å². The fourth-order valence-electron chi connectivity index (χ4n) is 2.58. The summed E-state index contributed by atoms with van der Waals surface area (Å²) in [7, 11) is 1.65. The molecule has 0 saturated carbocycles. The second-order valence-corrected chi connectivity index (χ2v) is 5.89. The van der Waals surface area contributed by atoms with Crippen LogP contribution in [0.5, 0.6) is 0 Å². The van der Waals surface area contributed by atoms with E-state index in [0.29, 0.717) is 10.6 Å². The van der Waals surface area contributed by atoms with Crippen LogP contribution in [-0.2, 0) is 17.8 Å². The summed E-state index contributed by atoms with van der Waals surface area (Å²) in [5.41, 5.74) is 2.26. The van der Waals surface area contributed by atoms with Crippen LogP contribution < -0.4 is 0 Å². The second kappa shape index (κ2) is 6.42. The Morgan fingerprint density at radius 3 is 2.78 bits per heavy atom. The minimum absolute atomic E-state index is 0.0888. The summed E-state index contributed by atoms with van der Waals surface area (Å²) in [4.78, 5) is 17.1. The third-order valence-electron chi connectivity index (χ3n) is 3.90. The molecule has 118 valence electrons. The molecule has 0 spiro atoms. The van der Waals surface area contributed by atoms with Gasteiger partial charge in [0.25, 0.3) is 0 Å². The zero-order valence-corrected chi connectivity index (χ0v) is 13.4. The fraction of sp³-hybridized carbons (Fsp3) is 0.167. The van der Waals surface area contributed by atoms with Crippen molar-refractivity contribution in [3.63, 3.8) is 0 Å². The molecular formula is C18H16ClFN2O. The van der Waals surface area contributed by atoms with Crippen molar-refractivity contribution in [3.8, 4) is 0 Å². The van der Waals surface area contributed by atoms with Gasteiger partial charge in [-0.3, -0.25) is 4.79 Å². The van der Waals surface area contributed by atoms with Crippen LogP contribution in [-0.4, -0.2) is 22.8 Å². The number of H-pyrrole nitrogens is 1. The highest BCUT2D eigenvalue weighted by Crippen LogP contribution is 2.22. The number of amides is 1. The molecule has 0 unspecified atom stereocenters. The van der Waals surface area contributed by atoms with Crippen LogP contribution in [0.4, 0.5) is 4.39 Å². The predicted molar refractivity (Wildman–Crippen MR) is 89.9 cm³/mol. The molecule has 23 heavy (non-hydrogen) atoms. The maximum absolute atomic E-state index is 13.8. The molecule has 0 atom stereocenters. The van der Waals surface area contributed by atoms with Gasteiger partial charge in [-0.2, -0.15) is 0 Å². The van der Waals surface area contributed by atoms with Crippen molar-refractivity contribution in [2.75, 3.05) is 7.05 Å². The van der Waals surface area contributed by atoms with E-state index in [1.54, 1.807) is 19.2 Å². The third kappa shape index (κ3) is 3.22. The van der Waals surface area contributed by atoms with Gasteiger partial charge in [0, 0.05) is 41.3 Å². The van der Waals surface area contributed by atoms with Crippen molar-refractivity contribution >= 4 is 28.4 Å². The van der Waals surface area contributed by atoms with Gasteiger partial charge in [-0.15, -0.1) is 0 Å². The van der Waals surface area contributed by atoms with Crippen LogP contribution >= 0.6 is 11.6 Å². The number of aromatic nitrogens is 1. The van der Waals surface area contributed by atoms with E-state index in [1.807, 2.05) is 30.5 Å². The number of hydrogen-bond donors (Lipinski definition) is 1. The lowest BCUT2D eigenvalue weighted by Crippen LogP contribution is -2.28. The van der Waals surface area contributed by atoms with Gasteiger partial charge >= 0.3 is 0 Å². The fourth-order valence-corrected chi connectivity index (χ4v) is 2.81. The molecule has 3 rings (SSSR count). The van der Waals surface area contributed by atoms with E-state index < -0.39 is 5.82 Å². The first-order valence-electron chi connectivity index (χ1n) is 7.28. The number of rotatable bonds is 4. The molecule has 1 amide bonds.